The van der Waals surface area contributed by atoms with E-state index in [1.807, 2.05) is 24.3 Å². The Hall–Kier alpha value is -2.65. The van der Waals surface area contributed by atoms with E-state index in [1.165, 1.54) is 22.4 Å². The van der Waals surface area contributed by atoms with Gasteiger partial charge in [0.15, 0.2) is 5.69 Å². The number of alkyl halides is 3. The summed E-state index contributed by atoms with van der Waals surface area (Å²) in [6.45, 7) is 0.428. The molecule has 1 aromatic heterocycles. The SMILES string of the molecule is O=C(/C=C/c1ccc(C2CCC(CCn3ccc(C(F)(F)F)n3)N2)cc1)NO. The smallest absolute Gasteiger partial charge is 0.307 e. The lowest BCUT2D eigenvalue weighted by atomic mass is 10.0. The summed E-state index contributed by atoms with van der Waals surface area (Å²) in [5.41, 5.74) is 2.62. The third-order valence-corrected chi connectivity index (χ3v) is 4.75. The standard InChI is InChI=1S/C19H21F3N4O2/c20-19(21,22)17-10-12-26(24-17)11-9-15-6-7-16(23-15)14-4-1-13(2-5-14)3-8-18(27)25-28/h1-5,8,10,12,15-16,23,28H,6-7,9,11H2,(H,25,27)/b8-3+. The van der Waals surface area contributed by atoms with Crippen LogP contribution in [0.4, 0.5) is 13.2 Å². The summed E-state index contributed by atoms with van der Waals surface area (Å²) in [6, 6.07) is 9.11. The van der Waals surface area contributed by atoms with E-state index >= 15 is 0 Å². The van der Waals surface area contributed by atoms with Gasteiger partial charge in [0.1, 0.15) is 0 Å². The highest BCUT2D eigenvalue weighted by Crippen LogP contribution is 2.29. The molecule has 0 radical (unpaired) electrons. The number of carbonyl (C=O) groups is 1. The number of aromatic nitrogens is 2. The Morgan fingerprint density at radius 3 is 2.68 bits per heavy atom. The first-order valence-corrected chi connectivity index (χ1v) is 8.94. The predicted octanol–water partition coefficient (Wildman–Crippen LogP) is 3.30. The summed E-state index contributed by atoms with van der Waals surface area (Å²) in [5, 5.41) is 15.6. The molecule has 1 aromatic carbocycles. The van der Waals surface area contributed by atoms with E-state index in [-0.39, 0.29) is 12.1 Å². The van der Waals surface area contributed by atoms with Gasteiger partial charge in [-0.1, -0.05) is 24.3 Å². The Balaban J connectivity index is 1.50. The van der Waals surface area contributed by atoms with E-state index in [1.54, 1.807) is 6.08 Å². The minimum absolute atomic E-state index is 0.187. The predicted molar refractivity (Wildman–Crippen MR) is 96.1 cm³/mol. The average molecular weight is 394 g/mol. The molecule has 1 fully saturated rings. The van der Waals surface area contributed by atoms with E-state index in [4.69, 9.17) is 5.21 Å². The lowest BCUT2D eigenvalue weighted by Crippen LogP contribution is -2.25. The second-order valence-corrected chi connectivity index (χ2v) is 6.72. The molecule has 2 atom stereocenters. The lowest BCUT2D eigenvalue weighted by Gasteiger charge is -2.15. The molecule has 1 amide bonds. The molecule has 0 bridgehead atoms. The summed E-state index contributed by atoms with van der Waals surface area (Å²) in [7, 11) is 0. The number of benzene rings is 1. The van der Waals surface area contributed by atoms with Crippen LogP contribution in [0.2, 0.25) is 0 Å². The van der Waals surface area contributed by atoms with Crippen molar-refractivity contribution in [2.24, 2.45) is 0 Å². The number of aryl methyl sites for hydroxylation is 1. The van der Waals surface area contributed by atoms with Crippen molar-refractivity contribution in [3.05, 3.63) is 59.4 Å². The average Bonchev–Trinajstić information content (AvgIpc) is 3.34. The van der Waals surface area contributed by atoms with Crippen LogP contribution in [-0.4, -0.2) is 26.9 Å². The molecule has 3 N–H and O–H groups in total. The Bertz CT molecular complexity index is 830. The molecule has 28 heavy (non-hydrogen) atoms. The van der Waals surface area contributed by atoms with Crippen LogP contribution in [0.15, 0.2) is 42.6 Å². The van der Waals surface area contributed by atoms with Crippen molar-refractivity contribution < 1.29 is 23.2 Å². The van der Waals surface area contributed by atoms with Crippen LogP contribution in [-0.2, 0) is 17.5 Å². The van der Waals surface area contributed by atoms with Gasteiger partial charge in [-0.15, -0.1) is 0 Å². The van der Waals surface area contributed by atoms with Crippen molar-refractivity contribution in [2.45, 2.75) is 44.1 Å². The number of rotatable bonds is 6. The van der Waals surface area contributed by atoms with Gasteiger partial charge in [0, 0.05) is 30.9 Å². The number of hydroxylamine groups is 1. The minimum atomic E-state index is -4.41. The van der Waals surface area contributed by atoms with Gasteiger partial charge >= 0.3 is 6.18 Å². The van der Waals surface area contributed by atoms with Gasteiger partial charge in [0.25, 0.3) is 5.91 Å². The molecule has 0 aliphatic carbocycles. The number of nitrogens with one attached hydrogen (secondary N) is 2. The largest absolute Gasteiger partial charge is 0.435 e. The van der Waals surface area contributed by atoms with Crippen molar-refractivity contribution >= 4 is 12.0 Å². The fraction of sp³-hybridized carbons (Fsp3) is 0.368. The van der Waals surface area contributed by atoms with E-state index in [0.717, 1.165) is 30.0 Å². The third-order valence-electron chi connectivity index (χ3n) is 4.75. The first kappa shape index (κ1) is 20.1. The quantitative estimate of drug-likeness (QED) is 0.399. The molecule has 2 unspecified atom stereocenters. The maximum atomic E-state index is 12.6. The van der Waals surface area contributed by atoms with Crippen LogP contribution in [0, 0.1) is 0 Å². The molecule has 2 heterocycles. The van der Waals surface area contributed by atoms with Crippen LogP contribution >= 0.6 is 0 Å². The van der Waals surface area contributed by atoms with Crippen LogP contribution in [0.25, 0.3) is 6.08 Å². The molecule has 6 nitrogen and oxygen atoms in total. The van der Waals surface area contributed by atoms with Gasteiger partial charge in [0.2, 0.25) is 0 Å². The van der Waals surface area contributed by atoms with Crippen molar-refractivity contribution in [2.75, 3.05) is 0 Å². The van der Waals surface area contributed by atoms with E-state index < -0.39 is 17.8 Å². The summed E-state index contributed by atoms with van der Waals surface area (Å²) >= 11 is 0. The second kappa shape index (κ2) is 8.57. The molecular formula is C19H21F3N4O2. The zero-order valence-corrected chi connectivity index (χ0v) is 15.0. The third kappa shape index (κ3) is 5.20. The second-order valence-electron chi connectivity index (χ2n) is 6.72. The number of carbonyl (C=O) groups excluding carboxylic acids is 1. The Morgan fingerprint density at radius 2 is 2.04 bits per heavy atom. The molecule has 9 heteroatoms. The minimum Gasteiger partial charge on any atom is -0.307 e. The summed E-state index contributed by atoms with van der Waals surface area (Å²) in [6.07, 6.45) is 2.37. The summed E-state index contributed by atoms with van der Waals surface area (Å²) < 4.78 is 39.1. The van der Waals surface area contributed by atoms with E-state index in [9.17, 15) is 18.0 Å². The maximum Gasteiger partial charge on any atom is 0.435 e. The van der Waals surface area contributed by atoms with E-state index in [0.29, 0.717) is 13.0 Å². The highest BCUT2D eigenvalue weighted by molar-refractivity contribution is 5.90. The Morgan fingerprint density at radius 1 is 1.29 bits per heavy atom. The molecule has 1 aliphatic heterocycles. The number of hydrogen-bond donors (Lipinski definition) is 3. The number of halogens is 3. The van der Waals surface area contributed by atoms with Crippen LogP contribution in [0.5, 0.6) is 0 Å². The zero-order chi connectivity index (χ0) is 20.1. The van der Waals surface area contributed by atoms with Crippen LogP contribution in [0.1, 0.15) is 42.1 Å². The highest BCUT2D eigenvalue weighted by atomic mass is 19.4. The number of hydrogen-bond acceptors (Lipinski definition) is 4. The Labute approximate surface area is 160 Å². The maximum absolute atomic E-state index is 12.6. The molecular weight excluding hydrogens is 373 g/mol. The van der Waals surface area contributed by atoms with Crippen LogP contribution in [0.3, 0.4) is 0 Å². The summed E-state index contributed by atoms with van der Waals surface area (Å²) in [5.74, 6) is -0.594. The summed E-state index contributed by atoms with van der Waals surface area (Å²) in [4.78, 5) is 11.0. The zero-order valence-electron chi connectivity index (χ0n) is 15.0. The molecule has 150 valence electrons. The number of amides is 1. The van der Waals surface area contributed by atoms with E-state index in [2.05, 4.69) is 10.4 Å². The van der Waals surface area contributed by atoms with Crippen molar-refractivity contribution in [1.29, 1.82) is 0 Å². The monoisotopic (exact) mass is 394 g/mol. The first-order valence-electron chi connectivity index (χ1n) is 8.94. The van der Waals surface area contributed by atoms with Gasteiger partial charge in [-0.3, -0.25) is 14.7 Å². The fourth-order valence-electron chi connectivity index (χ4n) is 3.28. The normalized spacial score (nSPS) is 20.0. The molecule has 2 aromatic rings. The van der Waals surface area contributed by atoms with Crippen molar-refractivity contribution in [1.82, 2.24) is 20.6 Å². The Kier molecular flexibility index (Phi) is 6.15. The van der Waals surface area contributed by atoms with Gasteiger partial charge in [-0.05, 0) is 42.5 Å². The molecule has 1 aliphatic rings. The van der Waals surface area contributed by atoms with Gasteiger partial charge in [-0.25, -0.2) is 5.48 Å². The van der Waals surface area contributed by atoms with Crippen molar-refractivity contribution in [3.63, 3.8) is 0 Å². The lowest BCUT2D eigenvalue weighted by molar-refractivity contribution is -0.141. The fourth-order valence-corrected chi connectivity index (χ4v) is 3.28. The molecule has 0 spiro atoms. The topological polar surface area (TPSA) is 79.2 Å². The number of nitrogens with zero attached hydrogens (tertiary/aromatic N) is 2. The van der Waals surface area contributed by atoms with Gasteiger partial charge in [-0.2, -0.15) is 18.3 Å². The van der Waals surface area contributed by atoms with Crippen molar-refractivity contribution in [3.8, 4) is 0 Å². The van der Waals surface area contributed by atoms with Gasteiger partial charge < -0.3 is 5.32 Å². The van der Waals surface area contributed by atoms with Gasteiger partial charge in [0.05, 0.1) is 0 Å². The first-order chi connectivity index (χ1) is 13.3. The van der Waals surface area contributed by atoms with Crippen LogP contribution < -0.4 is 10.8 Å². The molecule has 3 rings (SSSR count). The molecule has 0 saturated carbocycles. The molecule has 1 saturated heterocycles. The highest BCUT2D eigenvalue weighted by Gasteiger charge is 2.33.